The third-order valence-electron chi connectivity index (χ3n) is 9.88. The zero-order valence-corrected chi connectivity index (χ0v) is 29.6. The maximum absolute atomic E-state index is 2.37. The average Bonchev–Trinajstić information content (AvgIpc) is 3.24. The van der Waals surface area contributed by atoms with E-state index in [0.717, 1.165) is 0 Å². The molecule has 0 nitrogen and oxygen atoms in total. The number of hydrogen-bond acceptors (Lipinski definition) is 0. The van der Waals surface area contributed by atoms with Crippen molar-refractivity contribution < 1.29 is 0 Å². The Hall–Kier alpha value is -6.50. The fourth-order valence-corrected chi connectivity index (χ4v) is 7.54. The van der Waals surface area contributed by atoms with Gasteiger partial charge in [-0.05, 0) is 100 Å². The fourth-order valence-electron chi connectivity index (χ4n) is 7.54. The van der Waals surface area contributed by atoms with E-state index in [2.05, 4.69) is 206 Å². The van der Waals surface area contributed by atoms with Crippen LogP contribution < -0.4 is 0 Å². The first kappa shape index (κ1) is 32.7. The van der Waals surface area contributed by atoms with Crippen LogP contribution in [0.2, 0.25) is 0 Å². The maximum atomic E-state index is 2.37. The highest BCUT2D eigenvalue weighted by Crippen LogP contribution is 2.44. The molecule has 0 aromatic heterocycles. The normalized spacial score (nSPS) is 10.9. The van der Waals surface area contributed by atoms with Crippen molar-refractivity contribution in [2.45, 2.75) is 13.8 Å². The molecule has 0 unspecified atom stereocenters. The largest absolute Gasteiger partial charge is 0.0683 e. The molecule has 0 spiro atoms. The van der Waals surface area contributed by atoms with E-state index in [-0.39, 0.29) is 0 Å². The zero-order valence-electron chi connectivity index (χ0n) is 29.6. The number of rotatable bonds is 6. The highest BCUT2D eigenvalue weighted by molar-refractivity contribution is 6.11. The monoisotopic (exact) mass is 664 g/mol. The molecule has 0 bridgehead atoms. The van der Waals surface area contributed by atoms with E-state index in [1.807, 2.05) is 13.8 Å². The van der Waals surface area contributed by atoms with Gasteiger partial charge in [-0.1, -0.05) is 208 Å². The van der Waals surface area contributed by atoms with Crippen LogP contribution in [0.1, 0.15) is 13.8 Å². The summed E-state index contributed by atoms with van der Waals surface area (Å²) >= 11 is 0. The molecule has 0 aliphatic heterocycles. The van der Waals surface area contributed by atoms with Crippen molar-refractivity contribution in [2.75, 3.05) is 0 Å². The van der Waals surface area contributed by atoms with Crippen molar-refractivity contribution in [3.05, 3.63) is 206 Å². The highest BCUT2D eigenvalue weighted by atomic mass is 14.2. The van der Waals surface area contributed by atoms with Gasteiger partial charge in [0.15, 0.2) is 0 Å². The lowest BCUT2D eigenvalue weighted by Gasteiger charge is -2.18. The molecule has 0 atom stereocenters. The van der Waals surface area contributed by atoms with Crippen molar-refractivity contribution in [3.8, 4) is 66.8 Å². The molecule has 0 aliphatic carbocycles. The molecule has 248 valence electrons. The summed E-state index contributed by atoms with van der Waals surface area (Å²) in [5, 5.41) is 4.99. The molecule has 9 aromatic rings. The van der Waals surface area contributed by atoms with Crippen LogP contribution in [0, 0.1) is 0 Å². The summed E-state index contributed by atoms with van der Waals surface area (Å²) in [7, 11) is 0. The van der Waals surface area contributed by atoms with Gasteiger partial charge in [0.1, 0.15) is 0 Å². The van der Waals surface area contributed by atoms with Gasteiger partial charge in [0.05, 0.1) is 0 Å². The first-order valence-electron chi connectivity index (χ1n) is 18.3. The molecule has 9 aromatic carbocycles. The Morgan fingerprint density at radius 1 is 0.231 bits per heavy atom. The first-order chi connectivity index (χ1) is 25.8. The fraction of sp³-hybridized carbons (Fsp3) is 0.0385. The van der Waals surface area contributed by atoms with Crippen LogP contribution in [0.15, 0.2) is 206 Å². The van der Waals surface area contributed by atoms with Crippen LogP contribution >= 0.6 is 0 Å². The summed E-state index contributed by atoms with van der Waals surface area (Å²) in [6.07, 6.45) is 0. The lowest BCUT2D eigenvalue weighted by atomic mass is 9.85. The molecule has 0 heteroatoms. The second-order valence-corrected chi connectivity index (χ2v) is 12.9. The van der Waals surface area contributed by atoms with E-state index >= 15 is 0 Å². The third kappa shape index (κ3) is 6.21. The van der Waals surface area contributed by atoms with Gasteiger partial charge in [0.2, 0.25) is 0 Å². The molecule has 0 heterocycles. The molecular formula is C52H40. The summed E-state index contributed by atoms with van der Waals surface area (Å²) < 4.78 is 0. The quantitative estimate of drug-likeness (QED) is 0.155. The molecule has 0 amide bonds. The number of benzene rings is 9. The van der Waals surface area contributed by atoms with Crippen molar-refractivity contribution in [3.63, 3.8) is 0 Å². The predicted octanol–water partition coefficient (Wildman–Crippen LogP) is 15.0. The van der Waals surface area contributed by atoms with Crippen molar-refractivity contribution >= 4 is 21.5 Å². The van der Waals surface area contributed by atoms with Gasteiger partial charge in [0, 0.05) is 0 Å². The topological polar surface area (TPSA) is 0 Å². The molecule has 0 aliphatic rings. The minimum atomic E-state index is 1.22. The SMILES string of the molecule is CC.c1ccc(-c2cccc(-c3ccccc3)c2-c2ccc3c(ccc4cc(-c5c(-c6ccccc6)cccc5-c5ccccc5)ccc43)c2)cc1. The van der Waals surface area contributed by atoms with E-state index in [9.17, 15) is 0 Å². The first-order valence-corrected chi connectivity index (χ1v) is 18.3. The van der Waals surface area contributed by atoms with Crippen LogP contribution in [0.4, 0.5) is 0 Å². The Bertz CT molecular complexity index is 2300. The zero-order chi connectivity index (χ0) is 35.3. The van der Waals surface area contributed by atoms with E-state index in [1.165, 1.54) is 88.3 Å². The molecule has 0 N–H and O–H groups in total. The second kappa shape index (κ2) is 14.8. The van der Waals surface area contributed by atoms with Crippen LogP contribution in [0.5, 0.6) is 0 Å². The van der Waals surface area contributed by atoms with Gasteiger partial charge in [0.25, 0.3) is 0 Å². The maximum Gasteiger partial charge on any atom is -0.00266 e. The molecule has 0 saturated carbocycles. The predicted molar refractivity (Wildman–Crippen MR) is 225 cm³/mol. The van der Waals surface area contributed by atoms with E-state index in [4.69, 9.17) is 0 Å². The minimum Gasteiger partial charge on any atom is -0.0683 e. The van der Waals surface area contributed by atoms with Gasteiger partial charge in [-0.15, -0.1) is 0 Å². The summed E-state index contributed by atoms with van der Waals surface area (Å²) in [6.45, 7) is 4.00. The molecular weight excluding hydrogens is 625 g/mol. The van der Waals surface area contributed by atoms with Gasteiger partial charge in [-0.2, -0.15) is 0 Å². The molecule has 0 saturated heterocycles. The van der Waals surface area contributed by atoms with Gasteiger partial charge < -0.3 is 0 Å². The van der Waals surface area contributed by atoms with E-state index in [0.29, 0.717) is 0 Å². The van der Waals surface area contributed by atoms with Crippen molar-refractivity contribution in [2.24, 2.45) is 0 Å². The summed E-state index contributed by atoms with van der Waals surface area (Å²) in [4.78, 5) is 0. The molecule has 52 heavy (non-hydrogen) atoms. The van der Waals surface area contributed by atoms with Gasteiger partial charge >= 0.3 is 0 Å². The Morgan fingerprint density at radius 2 is 0.519 bits per heavy atom. The molecule has 9 rings (SSSR count). The van der Waals surface area contributed by atoms with Crippen LogP contribution in [0.3, 0.4) is 0 Å². The Labute approximate surface area is 307 Å². The van der Waals surface area contributed by atoms with Gasteiger partial charge in [-0.3, -0.25) is 0 Å². The standard InChI is InChI=1S/C50H34.C2H6/c1-5-15-35(16-6-1)45-23-13-24-46(36-17-7-2-8-18-36)49(45)41-29-31-43-39(33-41)27-28-40-34-42(30-32-44(40)43)50-47(37-19-9-3-10-20-37)25-14-26-48(50)38-21-11-4-12-22-38;1-2/h1-34H;1-2H3. The van der Waals surface area contributed by atoms with E-state index in [1.54, 1.807) is 0 Å². The minimum absolute atomic E-state index is 1.22. The lowest BCUT2D eigenvalue weighted by molar-refractivity contribution is 1.50. The van der Waals surface area contributed by atoms with Gasteiger partial charge in [-0.25, -0.2) is 0 Å². The summed E-state index contributed by atoms with van der Waals surface area (Å²) in [6, 6.07) is 74.9. The van der Waals surface area contributed by atoms with E-state index < -0.39 is 0 Å². The second-order valence-electron chi connectivity index (χ2n) is 12.9. The average molecular weight is 665 g/mol. The molecule has 0 fully saturated rings. The Morgan fingerprint density at radius 3 is 0.808 bits per heavy atom. The van der Waals surface area contributed by atoms with Crippen molar-refractivity contribution in [1.29, 1.82) is 0 Å². The highest BCUT2D eigenvalue weighted by Gasteiger charge is 2.17. The van der Waals surface area contributed by atoms with Crippen molar-refractivity contribution in [1.82, 2.24) is 0 Å². The van der Waals surface area contributed by atoms with Crippen LogP contribution in [-0.4, -0.2) is 0 Å². The number of fused-ring (bicyclic) bond motifs is 3. The third-order valence-corrected chi connectivity index (χ3v) is 9.88. The number of hydrogen-bond donors (Lipinski definition) is 0. The van der Waals surface area contributed by atoms with Crippen LogP contribution in [-0.2, 0) is 0 Å². The lowest BCUT2D eigenvalue weighted by Crippen LogP contribution is -1.92. The smallest absolute Gasteiger partial charge is 0.00266 e. The molecule has 0 radical (unpaired) electrons. The Kier molecular flexibility index (Phi) is 9.29. The summed E-state index contributed by atoms with van der Waals surface area (Å²) in [5.74, 6) is 0. The summed E-state index contributed by atoms with van der Waals surface area (Å²) in [5.41, 5.74) is 14.8. The Balaban J connectivity index is 0.00000190. The van der Waals surface area contributed by atoms with Crippen LogP contribution in [0.25, 0.3) is 88.3 Å².